The second-order valence-corrected chi connectivity index (χ2v) is 4.53. The van der Waals surface area contributed by atoms with Crippen LogP contribution in [0.2, 0.25) is 0 Å². The molecule has 0 aromatic rings. The summed E-state index contributed by atoms with van der Waals surface area (Å²) in [7, 11) is 0. The Kier molecular flexibility index (Phi) is 4.03. The molecule has 0 heterocycles. The van der Waals surface area contributed by atoms with Crippen LogP contribution in [0.3, 0.4) is 0 Å². The highest BCUT2D eigenvalue weighted by atomic mass is 35.5. The molecule has 0 saturated heterocycles. The van der Waals surface area contributed by atoms with Crippen LogP contribution in [0.15, 0.2) is 0 Å². The molecule has 0 bridgehead atoms. The molecule has 0 radical (unpaired) electrons. The van der Waals surface area contributed by atoms with Crippen LogP contribution in [0.1, 0.15) is 39.0 Å². The maximum atomic E-state index is 11.5. The smallest absolute Gasteiger partial charge is 0.146 e. The molecular weight excluding hydrogens is 216 g/mol. The molecule has 0 aliphatic heterocycles. The van der Waals surface area contributed by atoms with Gasteiger partial charge in [0.1, 0.15) is 17.3 Å². The number of hydrogen-bond acceptors (Lipinski definition) is 3. The summed E-state index contributed by atoms with van der Waals surface area (Å²) in [4.78, 5) is 34.3. The molecule has 0 amide bonds. The van der Waals surface area contributed by atoms with Crippen molar-refractivity contribution in [2.75, 3.05) is 5.88 Å². The Bertz CT molecular complexity index is 280. The van der Waals surface area contributed by atoms with Crippen LogP contribution in [0, 0.1) is 5.41 Å². The van der Waals surface area contributed by atoms with Crippen molar-refractivity contribution < 1.29 is 14.4 Å². The van der Waals surface area contributed by atoms with Crippen LogP contribution in [0.4, 0.5) is 0 Å². The van der Waals surface area contributed by atoms with Gasteiger partial charge in [0.2, 0.25) is 0 Å². The van der Waals surface area contributed by atoms with Crippen molar-refractivity contribution in [2.24, 2.45) is 5.41 Å². The molecule has 0 aromatic carbocycles. The molecule has 1 saturated carbocycles. The van der Waals surface area contributed by atoms with Crippen LogP contribution in [-0.2, 0) is 14.4 Å². The second kappa shape index (κ2) is 4.88. The van der Waals surface area contributed by atoms with Crippen molar-refractivity contribution in [2.45, 2.75) is 39.0 Å². The second-order valence-electron chi connectivity index (χ2n) is 4.16. The molecular formula is C11H15ClO3. The minimum absolute atomic E-state index is 0.0221. The maximum absolute atomic E-state index is 11.5. The van der Waals surface area contributed by atoms with Gasteiger partial charge in [0, 0.05) is 31.6 Å². The van der Waals surface area contributed by atoms with E-state index in [1.807, 2.05) is 0 Å². The summed E-state index contributed by atoms with van der Waals surface area (Å²) in [6.45, 7) is 1.65. The molecule has 1 rings (SSSR count). The van der Waals surface area contributed by atoms with E-state index in [4.69, 9.17) is 11.6 Å². The van der Waals surface area contributed by atoms with Crippen molar-refractivity contribution in [3.05, 3.63) is 0 Å². The SMILES string of the molecule is CC1(CCC(=O)CCCl)C(=O)CCC1=O. The fourth-order valence-corrected chi connectivity index (χ4v) is 2.04. The molecule has 15 heavy (non-hydrogen) atoms. The van der Waals surface area contributed by atoms with Gasteiger partial charge in [0.05, 0.1) is 5.41 Å². The predicted octanol–water partition coefficient (Wildman–Crippen LogP) is 1.90. The molecule has 0 atom stereocenters. The van der Waals surface area contributed by atoms with Crippen molar-refractivity contribution in [3.8, 4) is 0 Å². The average molecular weight is 231 g/mol. The largest absolute Gasteiger partial charge is 0.300 e. The number of rotatable bonds is 5. The summed E-state index contributed by atoms with van der Waals surface area (Å²) in [5.74, 6) is 0.285. The molecule has 0 aromatic heterocycles. The Labute approximate surface area is 94.2 Å². The van der Waals surface area contributed by atoms with Gasteiger partial charge in [-0.05, 0) is 13.3 Å². The molecule has 1 aliphatic rings. The topological polar surface area (TPSA) is 51.2 Å². The number of carbonyl (C=O) groups is 3. The van der Waals surface area contributed by atoms with Gasteiger partial charge in [-0.3, -0.25) is 14.4 Å². The zero-order valence-electron chi connectivity index (χ0n) is 8.85. The maximum Gasteiger partial charge on any atom is 0.146 e. The quantitative estimate of drug-likeness (QED) is 0.536. The summed E-state index contributed by atoms with van der Waals surface area (Å²) in [5.41, 5.74) is -0.901. The normalized spacial score (nSPS) is 19.6. The van der Waals surface area contributed by atoms with Gasteiger partial charge in [0.25, 0.3) is 0 Å². The highest BCUT2D eigenvalue weighted by molar-refractivity contribution is 6.19. The Morgan fingerprint density at radius 1 is 1.27 bits per heavy atom. The summed E-state index contributed by atoms with van der Waals surface area (Å²) >= 11 is 5.43. The molecule has 1 fully saturated rings. The molecule has 0 N–H and O–H groups in total. The summed E-state index contributed by atoms with van der Waals surface area (Å²) in [6.07, 6.45) is 1.61. The van der Waals surface area contributed by atoms with Crippen molar-refractivity contribution in [3.63, 3.8) is 0 Å². The third kappa shape index (κ3) is 2.65. The predicted molar refractivity (Wildman–Crippen MR) is 56.9 cm³/mol. The molecule has 4 heteroatoms. The first-order valence-corrected chi connectivity index (χ1v) is 5.68. The molecule has 0 spiro atoms. The van der Waals surface area contributed by atoms with E-state index in [1.165, 1.54) is 0 Å². The zero-order chi connectivity index (χ0) is 11.5. The van der Waals surface area contributed by atoms with E-state index in [-0.39, 0.29) is 23.8 Å². The molecule has 1 aliphatic carbocycles. The number of alkyl halides is 1. The molecule has 3 nitrogen and oxygen atoms in total. The van der Waals surface area contributed by atoms with Gasteiger partial charge in [-0.15, -0.1) is 11.6 Å². The fraction of sp³-hybridized carbons (Fsp3) is 0.727. The molecule has 84 valence electrons. The van der Waals surface area contributed by atoms with E-state index in [2.05, 4.69) is 0 Å². The third-order valence-corrected chi connectivity index (χ3v) is 3.28. The van der Waals surface area contributed by atoms with E-state index >= 15 is 0 Å². The lowest BCUT2D eigenvalue weighted by atomic mass is 9.81. The lowest BCUT2D eigenvalue weighted by molar-refractivity contribution is -0.134. The van der Waals surface area contributed by atoms with Crippen molar-refractivity contribution in [1.29, 1.82) is 0 Å². The Morgan fingerprint density at radius 2 is 1.80 bits per heavy atom. The van der Waals surface area contributed by atoms with Crippen LogP contribution in [-0.4, -0.2) is 23.2 Å². The van der Waals surface area contributed by atoms with Crippen LogP contribution >= 0.6 is 11.6 Å². The van der Waals surface area contributed by atoms with Crippen LogP contribution in [0.25, 0.3) is 0 Å². The van der Waals surface area contributed by atoms with Crippen molar-refractivity contribution >= 4 is 29.0 Å². The Hall–Kier alpha value is -0.700. The first kappa shape index (κ1) is 12.4. The highest BCUT2D eigenvalue weighted by Crippen LogP contribution is 2.35. The lowest BCUT2D eigenvalue weighted by Gasteiger charge is -2.19. The number of halogens is 1. The number of ketones is 3. The van der Waals surface area contributed by atoms with E-state index in [0.29, 0.717) is 31.6 Å². The van der Waals surface area contributed by atoms with E-state index in [9.17, 15) is 14.4 Å². The van der Waals surface area contributed by atoms with E-state index in [0.717, 1.165) is 0 Å². The van der Waals surface area contributed by atoms with E-state index in [1.54, 1.807) is 6.92 Å². The minimum Gasteiger partial charge on any atom is -0.300 e. The molecule has 0 unspecified atom stereocenters. The summed E-state index contributed by atoms with van der Waals surface area (Å²) < 4.78 is 0. The van der Waals surface area contributed by atoms with Gasteiger partial charge in [-0.25, -0.2) is 0 Å². The zero-order valence-corrected chi connectivity index (χ0v) is 9.60. The van der Waals surface area contributed by atoms with Gasteiger partial charge in [-0.2, -0.15) is 0 Å². The van der Waals surface area contributed by atoms with Crippen LogP contribution < -0.4 is 0 Å². The first-order valence-electron chi connectivity index (χ1n) is 5.15. The standard InChI is InChI=1S/C11H15ClO3/c1-11(6-4-8(13)5-7-12)9(14)2-3-10(11)15/h2-7H2,1H3. The van der Waals surface area contributed by atoms with Gasteiger partial charge in [0.15, 0.2) is 0 Å². The summed E-state index contributed by atoms with van der Waals surface area (Å²) in [6, 6.07) is 0. The number of hydrogen-bond donors (Lipinski definition) is 0. The first-order chi connectivity index (χ1) is 7.00. The fourth-order valence-electron chi connectivity index (χ4n) is 1.83. The summed E-state index contributed by atoms with van der Waals surface area (Å²) in [5, 5.41) is 0. The number of Topliss-reactive ketones (excluding diaryl/α,β-unsaturated/α-hetero) is 3. The van der Waals surface area contributed by atoms with Crippen molar-refractivity contribution in [1.82, 2.24) is 0 Å². The Morgan fingerprint density at radius 3 is 2.27 bits per heavy atom. The van der Waals surface area contributed by atoms with Crippen LogP contribution in [0.5, 0.6) is 0 Å². The minimum atomic E-state index is -0.901. The Balaban J connectivity index is 2.53. The monoisotopic (exact) mass is 230 g/mol. The highest BCUT2D eigenvalue weighted by Gasteiger charge is 2.44. The third-order valence-electron chi connectivity index (χ3n) is 3.09. The van der Waals surface area contributed by atoms with Gasteiger partial charge >= 0.3 is 0 Å². The van der Waals surface area contributed by atoms with E-state index < -0.39 is 5.41 Å². The number of carbonyl (C=O) groups excluding carboxylic acids is 3. The van der Waals surface area contributed by atoms with Gasteiger partial charge in [-0.1, -0.05) is 0 Å². The van der Waals surface area contributed by atoms with Gasteiger partial charge < -0.3 is 0 Å². The lowest BCUT2D eigenvalue weighted by Crippen LogP contribution is -2.29. The average Bonchev–Trinajstić information content (AvgIpc) is 2.44.